The van der Waals surface area contributed by atoms with Crippen LogP contribution in [0.25, 0.3) is 11.1 Å². The number of nitrogens with zero attached hydrogens (tertiary/aromatic N) is 4. The molecule has 2 aromatic carbocycles. The third kappa shape index (κ3) is 5.21. The molecule has 0 radical (unpaired) electrons. The molecule has 3 aromatic rings. The molecule has 0 atom stereocenters. The fraction of sp³-hybridized carbons (Fsp3) is 0.269. The van der Waals surface area contributed by atoms with Crippen LogP contribution < -0.4 is 20.4 Å². The number of rotatable bonds is 9. The lowest BCUT2D eigenvalue weighted by Gasteiger charge is -2.29. The fourth-order valence-corrected chi connectivity index (χ4v) is 4.20. The number of aliphatic hydroxyl groups is 1. The number of urea groups is 1. The minimum absolute atomic E-state index is 0.0299. The molecule has 1 aromatic heterocycles. The number of anilines is 4. The first kappa shape index (κ1) is 25.9. The predicted molar refractivity (Wildman–Crippen MR) is 134 cm³/mol. The average molecular weight is 511 g/mol. The molecule has 1 aliphatic heterocycles. The number of halogens is 3. The maximum Gasteiger partial charge on any atom is 0.334 e. The second-order valence-corrected chi connectivity index (χ2v) is 8.33. The lowest BCUT2D eigenvalue weighted by atomic mass is 10.0. The largest absolute Gasteiger partial charge is 0.395 e. The minimum Gasteiger partial charge on any atom is -0.395 e. The summed E-state index contributed by atoms with van der Waals surface area (Å²) in [5.41, 5.74) is 0.279. The Hall–Kier alpha value is -4.14. The number of carbonyl (C=O) groups excluding carboxylic acids is 1. The molecule has 0 aliphatic carbocycles. The van der Waals surface area contributed by atoms with Gasteiger partial charge in [0.2, 0.25) is 0 Å². The zero-order valence-corrected chi connectivity index (χ0v) is 20.1. The van der Waals surface area contributed by atoms with Crippen molar-refractivity contribution in [3.05, 3.63) is 65.6 Å². The number of pyridine rings is 1. The molecule has 0 unspecified atom stereocenters. The summed E-state index contributed by atoms with van der Waals surface area (Å²) in [6, 6.07) is 8.87. The van der Waals surface area contributed by atoms with E-state index in [1.54, 1.807) is 0 Å². The molecular formula is C26H25F3N6O2. The third-order valence-electron chi connectivity index (χ3n) is 5.78. The standard InChI is InChI=1S/C26H25F3N6O2/c1-2-8-34-25-20(11-17(27)15-33-25)19-4-3-16(14-30)10-23(19)35(26(34)37)24-21(28)12-18(13-22(24)29)32-6-5-31-7-9-36/h3-4,10-13,15,31-32,36H,2,5-9H2,1H3. The van der Waals surface area contributed by atoms with Gasteiger partial charge in [-0.3, -0.25) is 9.80 Å². The van der Waals surface area contributed by atoms with Crippen molar-refractivity contribution in [2.75, 3.05) is 47.9 Å². The second kappa shape index (κ2) is 11.3. The summed E-state index contributed by atoms with van der Waals surface area (Å²) < 4.78 is 45.3. The van der Waals surface area contributed by atoms with Crippen LogP contribution in [0.15, 0.2) is 42.6 Å². The van der Waals surface area contributed by atoms with Crippen LogP contribution in [0.1, 0.15) is 18.9 Å². The highest BCUT2D eigenvalue weighted by atomic mass is 19.1. The highest BCUT2D eigenvalue weighted by Gasteiger charge is 2.36. The molecule has 11 heteroatoms. The first-order chi connectivity index (χ1) is 17.9. The van der Waals surface area contributed by atoms with E-state index < -0.39 is 29.2 Å². The van der Waals surface area contributed by atoms with Gasteiger partial charge in [0.25, 0.3) is 0 Å². The zero-order chi connectivity index (χ0) is 26.5. The van der Waals surface area contributed by atoms with Crippen molar-refractivity contribution < 1.29 is 23.1 Å². The lowest BCUT2D eigenvalue weighted by Crippen LogP contribution is -2.42. The van der Waals surface area contributed by atoms with E-state index in [1.165, 1.54) is 29.2 Å². The normalized spacial score (nSPS) is 12.6. The molecule has 2 heterocycles. The molecule has 0 saturated carbocycles. The Morgan fingerprint density at radius 1 is 1.05 bits per heavy atom. The Morgan fingerprint density at radius 3 is 2.49 bits per heavy atom. The molecule has 0 saturated heterocycles. The van der Waals surface area contributed by atoms with Crippen LogP contribution in [0.4, 0.5) is 40.8 Å². The predicted octanol–water partition coefficient (Wildman–Crippen LogP) is 4.52. The number of nitriles is 1. The van der Waals surface area contributed by atoms with E-state index in [0.29, 0.717) is 31.6 Å². The molecule has 3 N–H and O–H groups in total. The first-order valence-electron chi connectivity index (χ1n) is 11.8. The van der Waals surface area contributed by atoms with Gasteiger partial charge in [-0.25, -0.2) is 22.9 Å². The van der Waals surface area contributed by atoms with Gasteiger partial charge in [-0.15, -0.1) is 0 Å². The highest BCUT2D eigenvalue weighted by Crippen LogP contribution is 2.45. The smallest absolute Gasteiger partial charge is 0.334 e. The van der Waals surface area contributed by atoms with E-state index in [1.807, 2.05) is 13.0 Å². The molecule has 2 amide bonds. The molecule has 0 spiro atoms. The number of hydrogen-bond donors (Lipinski definition) is 3. The summed E-state index contributed by atoms with van der Waals surface area (Å²) in [6.07, 6.45) is 1.47. The molecule has 192 valence electrons. The minimum atomic E-state index is -1.01. The summed E-state index contributed by atoms with van der Waals surface area (Å²) in [4.78, 5) is 20.1. The first-order valence-corrected chi connectivity index (χ1v) is 11.8. The molecule has 8 nitrogen and oxygen atoms in total. The van der Waals surface area contributed by atoms with Crippen molar-refractivity contribution in [2.45, 2.75) is 13.3 Å². The summed E-state index contributed by atoms with van der Waals surface area (Å²) in [5, 5.41) is 24.1. The van der Waals surface area contributed by atoms with E-state index in [4.69, 9.17) is 5.11 Å². The Morgan fingerprint density at radius 2 is 1.81 bits per heavy atom. The Bertz CT molecular complexity index is 1340. The molecule has 0 fully saturated rings. The van der Waals surface area contributed by atoms with Crippen molar-refractivity contribution in [3.63, 3.8) is 0 Å². The summed E-state index contributed by atoms with van der Waals surface area (Å²) >= 11 is 0. The van der Waals surface area contributed by atoms with Crippen LogP contribution in [-0.4, -0.2) is 48.9 Å². The van der Waals surface area contributed by atoms with Crippen LogP contribution in [0.5, 0.6) is 0 Å². The monoisotopic (exact) mass is 510 g/mol. The maximum absolute atomic E-state index is 15.5. The zero-order valence-electron chi connectivity index (χ0n) is 20.1. The van der Waals surface area contributed by atoms with Crippen LogP contribution in [0.3, 0.4) is 0 Å². The quantitative estimate of drug-likeness (QED) is 0.366. The molecule has 4 rings (SSSR count). The number of aromatic nitrogens is 1. The number of nitrogens with one attached hydrogen (secondary N) is 2. The Labute approximate surface area is 212 Å². The topological polar surface area (TPSA) is 105 Å². The number of hydrogen-bond acceptors (Lipinski definition) is 6. The van der Waals surface area contributed by atoms with Crippen LogP contribution in [0.2, 0.25) is 0 Å². The Kier molecular flexibility index (Phi) is 7.91. The van der Waals surface area contributed by atoms with Crippen molar-refractivity contribution in [1.82, 2.24) is 10.3 Å². The molecular weight excluding hydrogens is 485 g/mol. The van der Waals surface area contributed by atoms with E-state index in [-0.39, 0.29) is 41.5 Å². The molecule has 0 bridgehead atoms. The van der Waals surface area contributed by atoms with Crippen LogP contribution in [0, 0.1) is 28.8 Å². The molecule has 37 heavy (non-hydrogen) atoms. The van der Waals surface area contributed by atoms with E-state index in [0.717, 1.165) is 23.2 Å². The van der Waals surface area contributed by atoms with Crippen molar-refractivity contribution in [2.24, 2.45) is 0 Å². The van der Waals surface area contributed by atoms with Gasteiger partial charge in [0.05, 0.1) is 30.1 Å². The number of benzene rings is 2. The highest BCUT2D eigenvalue weighted by molar-refractivity contribution is 6.15. The number of aliphatic hydroxyl groups excluding tert-OH is 1. The number of amides is 2. The van der Waals surface area contributed by atoms with Gasteiger partial charge in [-0.1, -0.05) is 13.0 Å². The summed E-state index contributed by atoms with van der Waals surface area (Å²) in [6.45, 7) is 3.13. The summed E-state index contributed by atoms with van der Waals surface area (Å²) in [7, 11) is 0. The Balaban J connectivity index is 1.85. The summed E-state index contributed by atoms with van der Waals surface area (Å²) in [5.74, 6) is -2.51. The van der Waals surface area contributed by atoms with Crippen LogP contribution >= 0.6 is 0 Å². The average Bonchev–Trinajstić information content (AvgIpc) is 2.97. The lowest BCUT2D eigenvalue weighted by molar-refractivity contribution is 0.253. The number of fused-ring (bicyclic) bond motifs is 3. The van der Waals surface area contributed by atoms with Crippen molar-refractivity contribution in [1.29, 1.82) is 5.26 Å². The SMILES string of the molecule is CCCN1C(=O)N(c2c(F)cc(NCCNCCO)cc2F)c2cc(C#N)ccc2-c2cc(F)cnc21. The van der Waals surface area contributed by atoms with E-state index >= 15 is 8.78 Å². The van der Waals surface area contributed by atoms with Crippen LogP contribution in [-0.2, 0) is 0 Å². The van der Waals surface area contributed by atoms with Gasteiger partial charge in [-0.2, -0.15) is 5.26 Å². The van der Waals surface area contributed by atoms with Gasteiger partial charge < -0.3 is 15.7 Å². The van der Waals surface area contributed by atoms with Crippen molar-refractivity contribution >= 4 is 28.9 Å². The third-order valence-corrected chi connectivity index (χ3v) is 5.78. The fourth-order valence-electron chi connectivity index (χ4n) is 4.20. The van der Waals surface area contributed by atoms with Gasteiger partial charge in [0.1, 0.15) is 17.3 Å². The van der Waals surface area contributed by atoms with Gasteiger partial charge in [0, 0.05) is 43.0 Å². The van der Waals surface area contributed by atoms with Crippen molar-refractivity contribution in [3.8, 4) is 17.2 Å². The van der Waals surface area contributed by atoms with Gasteiger partial charge >= 0.3 is 6.03 Å². The molecule has 1 aliphatic rings. The number of carbonyl (C=O) groups is 1. The van der Waals surface area contributed by atoms with E-state index in [2.05, 4.69) is 15.6 Å². The van der Waals surface area contributed by atoms with Gasteiger partial charge in [-0.05, 0) is 36.8 Å². The second-order valence-electron chi connectivity index (χ2n) is 8.33. The van der Waals surface area contributed by atoms with Gasteiger partial charge in [0.15, 0.2) is 11.6 Å². The maximum atomic E-state index is 15.5. The van der Waals surface area contributed by atoms with E-state index in [9.17, 15) is 14.4 Å².